The Labute approximate surface area is 227 Å². The van der Waals surface area contributed by atoms with Crippen LogP contribution in [-0.4, -0.2) is 38.1 Å². The number of ether oxygens (including phenoxy) is 1. The molecule has 0 spiro atoms. The first kappa shape index (κ1) is 28.3. The van der Waals surface area contributed by atoms with Crippen molar-refractivity contribution in [2.75, 3.05) is 26.3 Å². The molecule has 7 heteroatoms. The van der Waals surface area contributed by atoms with Crippen LogP contribution in [0.4, 0.5) is 0 Å². The number of hydrogen-bond acceptors (Lipinski definition) is 3. The van der Waals surface area contributed by atoms with E-state index in [1.54, 1.807) is 0 Å². The van der Waals surface area contributed by atoms with Crippen molar-refractivity contribution in [3.63, 3.8) is 0 Å². The minimum atomic E-state index is -0.221. The average Bonchev–Trinajstić information content (AvgIpc) is 2.30. The third kappa shape index (κ3) is 22.5. The Morgan fingerprint density at radius 2 is 1.57 bits per heavy atom. The largest absolute Gasteiger partial charge is 1.00 e. The third-order valence-corrected chi connectivity index (χ3v) is 2.18. The first-order chi connectivity index (χ1) is 8.91. The molecule has 0 unspecified atom stereocenters. The molecule has 112 valence electrons. The second-order valence-corrected chi connectivity index (χ2v) is 5.41. The Hall–Kier alpha value is 2.51. The predicted molar refractivity (Wildman–Crippen MR) is 76.2 cm³/mol. The van der Waals surface area contributed by atoms with Crippen molar-refractivity contribution in [3.8, 4) is 0 Å². The van der Waals surface area contributed by atoms with Crippen molar-refractivity contribution in [1.82, 2.24) is 0 Å². The van der Waals surface area contributed by atoms with E-state index in [0.29, 0.717) is 44.4 Å². The van der Waals surface area contributed by atoms with Crippen molar-refractivity contribution in [3.05, 3.63) is 10.6 Å². The van der Waals surface area contributed by atoms with E-state index < -0.39 is 0 Å². The molecule has 0 radical (unpaired) electrons. The zero-order valence-corrected chi connectivity index (χ0v) is 24.3. The number of nitrogens with zero attached hydrogens (tertiary/aromatic N) is 2. The normalized spacial score (nSPS) is 9.81. The fraction of sp³-hybridized carbons (Fsp3) is 0.857. The topological polar surface area (TPSA) is 71.6 Å². The summed E-state index contributed by atoms with van der Waals surface area (Å²) in [7, 11) is 0. The van der Waals surface area contributed by atoms with Crippen molar-refractivity contribution in [2.45, 2.75) is 40.5 Å². The van der Waals surface area contributed by atoms with Gasteiger partial charge in [0.1, 0.15) is 0 Å². The maximum Gasteiger partial charge on any atom is 1.00 e. The smallest absolute Gasteiger partial charge is 0.653 e. The van der Waals surface area contributed by atoms with Crippen LogP contribution < -0.4 is 116 Å². The summed E-state index contributed by atoms with van der Waals surface area (Å²) in [5, 5.41) is 7.77. The number of carbonyl (C=O) groups is 2. The van der Waals surface area contributed by atoms with E-state index in [0.717, 1.165) is 0 Å². The van der Waals surface area contributed by atoms with Crippen molar-refractivity contribution in [1.29, 1.82) is 0 Å². The second kappa shape index (κ2) is 18.8. The first-order valence-corrected chi connectivity index (χ1v) is 6.90. The van der Waals surface area contributed by atoms with Gasteiger partial charge in [0.25, 0.3) is 0 Å². The summed E-state index contributed by atoms with van der Waals surface area (Å²) in [6.45, 7) is 9.45. The molecule has 0 atom stereocenters. The molecule has 0 rings (SSSR count). The fourth-order valence-corrected chi connectivity index (χ4v) is 1.27. The fourth-order valence-electron chi connectivity index (χ4n) is 1.27. The van der Waals surface area contributed by atoms with Gasteiger partial charge in [0, 0.05) is 6.61 Å². The number of amides is 2. The summed E-state index contributed by atoms with van der Waals surface area (Å²) in [5.41, 5.74) is 0. The molecule has 0 aliphatic heterocycles. The molecule has 0 aromatic carbocycles. The Bertz CT molecular complexity index is 275. The van der Waals surface area contributed by atoms with Gasteiger partial charge in [-0.15, -0.1) is 13.1 Å². The molecule has 0 N–H and O–H groups in total. The van der Waals surface area contributed by atoms with Crippen LogP contribution in [-0.2, 0) is 14.3 Å². The molecule has 5 nitrogen and oxygen atoms in total. The number of hydrogen-bond donors (Lipinski definition) is 0. The number of carbonyl (C=O) groups excluding carboxylic acids is 2. The standard InChI is InChI=1S/C14H28N2O3.2Rb/c1-11(2)8-13(17)15-6-5-7-19-10-14(18)16-9-12(3)4;;/h11-12H,5-10H2,1-4H3,(H2,15,16,17,18);;/q;2*+1/p-2. The van der Waals surface area contributed by atoms with E-state index in [-0.39, 0.29) is 135 Å². The first-order valence-electron chi connectivity index (χ1n) is 6.90. The molecule has 0 aromatic rings. The van der Waals surface area contributed by atoms with Crippen LogP contribution in [0.1, 0.15) is 40.5 Å². The zero-order valence-electron chi connectivity index (χ0n) is 14.5. The predicted octanol–water partition coefficient (Wildman–Crippen LogP) is -3.10. The quantitative estimate of drug-likeness (QED) is 0.338. The van der Waals surface area contributed by atoms with Crippen LogP contribution in [0, 0.1) is 11.8 Å². The van der Waals surface area contributed by atoms with Crippen LogP contribution in [0.2, 0.25) is 0 Å². The van der Waals surface area contributed by atoms with Crippen molar-refractivity contribution >= 4 is 11.8 Å². The van der Waals surface area contributed by atoms with Gasteiger partial charge in [0.15, 0.2) is 0 Å². The summed E-state index contributed by atoms with van der Waals surface area (Å²) in [5.74, 6) is 0.446. The van der Waals surface area contributed by atoms with Crippen molar-refractivity contribution in [2.24, 2.45) is 11.8 Å². The van der Waals surface area contributed by atoms with E-state index in [4.69, 9.17) is 4.74 Å². The Balaban J connectivity index is -0.00000162. The van der Waals surface area contributed by atoms with Gasteiger partial charge in [-0.25, -0.2) is 0 Å². The van der Waals surface area contributed by atoms with Gasteiger partial charge < -0.3 is 25.0 Å². The minimum absolute atomic E-state index is 0. The molecule has 0 aromatic heterocycles. The Morgan fingerprint density at radius 1 is 0.952 bits per heavy atom. The summed E-state index contributed by atoms with van der Waals surface area (Å²) < 4.78 is 5.18. The summed E-state index contributed by atoms with van der Waals surface area (Å²) in [6.07, 6.45) is 1.15. The molecular formula is C14H26N2O3Rb2. The van der Waals surface area contributed by atoms with Crippen LogP contribution in [0.5, 0.6) is 0 Å². The van der Waals surface area contributed by atoms with Crippen LogP contribution in [0.3, 0.4) is 0 Å². The average molecular weight is 441 g/mol. The SMILES string of the molecule is CC(C)C[N-]C(=O)COCCC[N-]C(=O)CC(C)C.[Rb+].[Rb+]. The molecule has 0 saturated carbocycles. The molecule has 0 saturated heterocycles. The maximum atomic E-state index is 11.3. The van der Waals surface area contributed by atoms with Gasteiger partial charge in [-0.2, -0.15) is 0 Å². The van der Waals surface area contributed by atoms with Gasteiger partial charge in [0.05, 0.1) is 18.4 Å². The molecule has 0 fully saturated rings. The molecule has 0 aliphatic rings. The Kier molecular flexibility index (Phi) is 25.4. The molecular weight excluding hydrogens is 415 g/mol. The van der Waals surface area contributed by atoms with Gasteiger partial charge >= 0.3 is 116 Å². The summed E-state index contributed by atoms with van der Waals surface area (Å²) >= 11 is 0. The monoisotopic (exact) mass is 440 g/mol. The van der Waals surface area contributed by atoms with Gasteiger partial charge in [0.2, 0.25) is 0 Å². The maximum absolute atomic E-state index is 11.3. The van der Waals surface area contributed by atoms with E-state index in [1.165, 1.54) is 0 Å². The molecule has 21 heavy (non-hydrogen) atoms. The van der Waals surface area contributed by atoms with E-state index in [9.17, 15) is 9.59 Å². The minimum Gasteiger partial charge on any atom is -0.653 e. The van der Waals surface area contributed by atoms with Crippen molar-refractivity contribution < 1.29 is 131 Å². The summed E-state index contributed by atoms with van der Waals surface area (Å²) in [4.78, 5) is 22.5. The third-order valence-electron chi connectivity index (χ3n) is 2.18. The number of rotatable bonds is 10. The summed E-state index contributed by atoms with van der Waals surface area (Å²) in [6, 6.07) is 0. The zero-order chi connectivity index (χ0) is 14.7. The van der Waals surface area contributed by atoms with Crippen LogP contribution in [0.15, 0.2) is 0 Å². The molecule has 0 bridgehead atoms. The molecule has 2 amide bonds. The van der Waals surface area contributed by atoms with Gasteiger partial charge in [-0.3, -0.25) is 0 Å². The van der Waals surface area contributed by atoms with Gasteiger partial charge in [-0.05, 0) is 18.8 Å². The van der Waals surface area contributed by atoms with E-state index >= 15 is 0 Å². The molecule has 0 aliphatic carbocycles. The van der Waals surface area contributed by atoms with E-state index in [1.807, 2.05) is 27.7 Å². The van der Waals surface area contributed by atoms with Crippen LogP contribution >= 0.6 is 0 Å². The Morgan fingerprint density at radius 3 is 2.10 bits per heavy atom. The molecule has 0 heterocycles. The van der Waals surface area contributed by atoms with E-state index in [2.05, 4.69) is 10.6 Å². The van der Waals surface area contributed by atoms with Crippen LogP contribution in [0.25, 0.3) is 10.6 Å². The van der Waals surface area contributed by atoms with Gasteiger partial charge in [-0.1, -0.05) is 33.6 Å². The second-order valence-electron chi connectivity index (χ2n) is 5.41.